The third-order valence-electron chi connectivity index (χ3n) is 6.11. The molecule has 0 spiro atoms. The Bertz CT molecular complexity index is 1460. The van der Waals surface area contributed by atoms with Crippen molar-refractivity contribution in [3.63, 3.8) is 0 Å². The third-order valence-corrected chi connectivity index (χ3v) is 9.63. The van der Waals surface area contributed by atoms with Gasteiger partial charge in [-0.2, -0.15) is 30.6 Å². The predicted octanol–water partition coefficient (Wildman–Crippen LogP) is 3.85. The highest BCUT2D eigenvalue weighted by molar-refractivity contribution is 7.92. The molecule has 0 saturated heterocycles. The number of ether oxygens (including phenoxy) is 2. The van der Waals surface area contributed by atoms with E-state index in [1.807, 2.05) is 0 Å². The number of rotatable bonds is 10. The summed E-state index contributed by atoms with van der Waals surface area (Å²) in [4.78, 5) is 11.9. The first kappa shape index (κ1) is 32.4. The molecule has 0 bridgehead atoms. The van der Waals surface area contributed by atoms with Gasteiger partial charge in [0.25, 0.3) is 20.2 Å². The number of fused-ring (bicyclic) bond motifs is 1. The fourth-order valence-corrected chi connectivity index (χ4v) is 6.50. The van der Waals surface area contributed by atoms with Gasteiger partial charge >= 0.3 is 12.3 Å². The quantitative estimate of drug-likeness (QED) is 0.383. The van der Waals surface area contributed by atoms with Crippen LogP contribution in [0.5, 0.6) is 5.75 Å². The van der Waals surface area contributed by atoms with E-state index in [9.17, 15) is 39.2 Å². The SMILES string of the molecule is CCN(CC)S(=O)(=O)NCC1CN(S(=O)(=O)c2ccc(F)cc2)c2cc(NC(=O)OC(C)(C)C(F)(F)F)ccc2O1. The zero-order valence-electron chi connectivity index (χ0n) is 22.5. The van der Waals surface area contributed by atoms with E-state index in [1.54, 1.807) is 13.8 Å². The number of carbonyl (C=O) groups excluding carboxylic acids is 1. The summed E-state index contributed by atoms with van der Waals surface area (Å²) < 4.78 is 120. The Morgan fingerprint density at radius 2 is 1.68 bits per heavy atom. The van der Waals surface area contributed by atoms with Crippen molar-refractivity contribution in [2.75, 3.05) is 35.8 Å². The number of hydrogen-bond donors (Lipinski definition) is 2. The lowest BCUT2D eigenvalue weighted by atomic mass is 10.1. The second-order valence-corrected chi connectivity index (χ2v) is 13.0. The van der Waals surface area contributed by atoms with Crippen molar-refractivity contribution in [3.8, 4) is 5.75 Å². The van der Waals surface area contributed by atoms with Crippen LogP contribution in [0.3, 0.4) is 0 Å². The normalized spacial score (nSPS) is 16.2. The zero-order chi connectivity index (χ0) is 30.8. The summed E-state index contributed by atoms with van der Waals surface area (Å²) in [5.74, 6) is -0.703. The number of carbonyl (C=O) groups is 1. The lowest BCUT2D eigenvalue weighted by Crippen LogP contribution is -2.50. The van der Waals surface area contributed by atoms with Crippen LogP contribution < -0.4 is 19.1 Å². The molecule has 17 heteroatoms. The monoisotopic (exact) mass is 626 g/mol. The molecule has 1 aliphatic rings. The maximum atomic E-state index is 13.6. The zero-order valence-corrected chi connectivity index (χ0v) is 24.2. The molecule has 3 rings (SSSR count). The molecule has 1 unspecified atom stereocenters. The van der Waals surface area contributed by atoms with E-state index in [-0.39, 0.29) is 41.7 Å². The summed E-state index contributed by atoms with van der Waals surface area (Å²) in [6.07, 6.45) is -7.31. The Morgan fingerprint density at radius 1 is 1.07 bits per heavy atom. The Kier molecular flexibility index (Phi) is 9.46. The average molecular weight is 627 g/mol. The number of sulfonamides is 1. The van der Waals surface area contributed by atoms with Crippen molar-refractivity contribution in [1.82, 2.24) is 9.03 Å². The van der Waals surface area contributed by atoms with Crippen LogP contribution in [0, 0.1) is 5.82 Å². The second kappa shape index (κ2) is 12.0. The fraction of sp³-hybridized carbons (Fsp3) is 0.458. The number of amides is 1. The van der Waals surface area contributed by atoms with Crippen LogP contribution in [0.4, 0.5) is 33.7 Å². The number of benzene rings is 2. The Morgan fingerprint density at radius 3 is 2.24 bits per heavy atom. The number of nitrogens with zero attached hydrogens (tertiary/aromatic N) is 2. The van der Waals surface area contributed by atoms with E-state index in [0.29, 0.717) is 13.8 Å². The van der Waals surface area contributed by atoms with Gasteiger partial charge in [0.05, 0.1) is 23.7 Å². The minimum Gasteiger partial charge on any atom is -0.485 e. The van der Waals surface area contributed by atoms with Crippen molar-refractivity contribution < 1.29 is 48.7 Å². The van der Waals surface area contributed by atoms with Gasteiger partial charge < -0.3 is 9.47 Å². The molecule has 2 N–H and O–H groups in total. The van der Waals surface area contributed by atoms with Crippen LogP contribution >= 0.6 is 0 Å². The van der Waals surface area contributed by atoms with Crippen molar-refractivity contribution in [2.24, 2.45) is 0 Å². The van der Waals surface area contributed by atoms with Gasteiger partial charge in [0.1, 0.15) is 17.7 Å². The van der Waals surface area contributed by atoms with Crippen molar-refractivity contribution in [2.45, 2.75) is 50.5 Å². The van der Waals surface area contributed by atoms with Gasteiger partial charge in [-0.15, -0.1) is 0 Å². The highest BCUT2D eigenvalue weighted by Crippen LogP contribution is 2.39. The topological polar surface area (TPSA) is 134 Å². The number of alkyl halides is 3. The first-order valence-corrected chi connectivity index (χ1v) is 15.2. The van der Waals surface area contributed by atoms with E-state index >= 15 is 0 Å². The second-order valence-electron chi connectivity index (χ2n) is 9.37. The first-order valence-electron chi connectivity index (χ1n) is 12.3. The Balaban J connectivity index is 1.95. The summed E-state index contributed by atoms with van der Waals surface area (Å²) in [6.45, 7) is 4.32. The summed E-state index contributed by atoms with van der Waals surface area (Å²) in [6, 6.07) is 7.62. The molecule has 1 aliphatic heterocycles. The minimum absolute atomic E-state index is 0.0245. The molecule has 0 radical (unpaired) electrons. The molecule has 228 valence electrons. The van der Waals surface area contributed by atoms with Gasteiger partial charge in [0.15, 0.2) is 0 Å². The van der Waals surface area contributed by atoms with Crippen LogP contribution in [0.15, 0.2) is 47.4 Å². The molecular weight excluding hydrogens is 596 g/mol. The van der Waals surface area contributed by atoms with Crippen LogP contribution in [0.25, 0.3) is 0 Å². The van der Waals surface area contributed by atoms with Crippen molar-refractivity contribution in [3.05, 3.63) is 48.3 Å². The molecule has 0 fully saturated rings. The Labute approximate surface area is 235 Å². The van der Waals surface area contributed by atoms with Crippen molar-refractivity contribution in [1.29, 1.82) is 0 Å². The Hall–Kier alpha value is -3.15. The standard InChI is InChI=1S/C24H30F4N4O7S2/c1-5-31(6-2)41(36,37)29-14-18-15-32(40(34,35)19-10-7-16(25)8-11-19)20-13-17(9-12-21(20)38-18)30-22(33)39-23(3,4)24(26,27)28/h7-13,18,29H,5-6,14-15H2,1-4H3,(H,30,33). The maximum absolute atomic E-state index is 13.6. The van der Waals surface area contributed by atoms with Gasteiger partial charge in [0, 0.05) is 18.8 Å². The smallest absolute Gasteiger partial charge is 0.427 e. The molecule has 11 nitrogen and oxygen atoms in total. The molecule has 1 atom stereocenters. The highest BCUT2D eigenvalue weighted by Gasteiger charge is 2.51. The van der Waals surface area contributed by atoms with Crippen molar-refractivity contribution >= 4 is 37.7 Å². The molecule has 1 heterocycles. The number of nitrogens with one attached hydrogen (secondary N) is 2. The molecular formula is C24H30F4N4O7S2. The van der Waals surface area contributed by atoms with E-state index in [4.69, 9.17) is 4.74 Å². The van der Waals surface area contributed by atoms with Crippen LogP contribution in [-0.4, -0.2) is 71.3 Å². The largest absolute Gasteiger partial charge is 0.485 e. The number of hydrogen-bond acceptors (Lipinski definition) is 7. The highest BCUT2D eigenvalue weighted by atomic mass is 32.2. The van der Waals surface area contributed by atoms with Gasteiger partial charge in [0.2, 0.25) is 5.60 Å². The first-order chi connectivity index (χ1) is 18.9. The van der Waals surface area contributed by atoms with Gasteiger partial charge in [-0.05, 0) is 56.3 Å². The molecule has 0 saturated carbocycles. The summed E-state index contributed by atoms with van der Waals surface area (Å²) in [7, 11) is -8.29. The van der Waals surface area contributed by atoms with Crippen LogP contribution in [0.2, 0.25) is 0 Å². The minimum atomic E-state index is -4.85. The molecule has 2 aromatic rings. The van der Waals surface area contributed by atoms with Crippen LogP contribution in [-0.2, 0) is 25.0 Å². The average Bonchev–Trinajstić information content (AvgIpc) is 2.87. The lowest BCUT2D eigenvalue weighted by molar-refractivity contribution is -0.242. The number of anilines is 2. The van der Waals surface area contributed by atoms with E-state index in [2.05, 4.69) is 14.8 Å². The molecule has 0 aliphatic carbocycles. The lowest BCUT2D eigenvalue weighted by Gasteiger charge is -2.36. The van der Waals surface area contributed by atoms with Gasteiger partial charge in [-0.25, -0.2) is 17.6 Å². The molecule has 2 aromatic carbocycles. The summed E-state index contributed by atoms with van der Waals surface area (Å²) in [5.41, 5.74) is -3.03. The van der Waals surface area contributed by atoms with Gasteiger partial charge in [-0.1, -0.05) is 13.8 Å². The van der Waals surface area contributed by atoms with E-state index in [0.717, 1.165) is 38.9 Å². The van der Waals surface area contributed by atoms with Crippen LogP contribution in [0.1, 0.15) is 27.7 Å². The van der Waals surface area contributed by atoms with E-state index < -0.39 is 56.6 Å². The molecule has 41 heavy (non-hydrogen) atoms. The molecule has 1 amide bonds. The van der Waals surface area contributed by atoms with E-state index in [1.165, 1.54) is 12.1 Å². The summed E-state index contributed by atoms with van der Waals surface area (Å²) >= 11 is 0. The number of halogens is 4. The summed E-state index contributed by atoms with van der Waals surface area (Å²) in [5, 5.41) is 2.14. The molecule has 0 aromatic heterocycles. The third kappa shape index (κ3) is 7.38. The van der Waals surface area contributed by atoms with Gasteiger partial charge in [-0.3, -0.25) is 9.62 Å². The maximum Gasteiger partial charge on any atom is 0.427 e. The fourth-order valence-electron chi connectivity index (χ4n) is 3.74. The predicted molar refractivity (Wildman–Crippen MR) is 142 cm³/mol.